The van der Waals surface area contributed by atoms with E-state index >= 15 is 0 Å². The van der Waals surface area contributed by atoms with Gasteiger partial charge in [-0.15, -0.1) is 24.0 Å². The van der Waals surface area contributed by atoms with Crippen molar-refractivity contribution in [3.8, 4) is 0 Å². The molecule has 128 valence electrons. The molecule has 0 radical (unpaired) electrons. The highest BCUT2D eigenvalue weighted by Crippen LogP contribution is 2.15. The molecule has 22 heavy (non-hydrogen) atoms. The second-order valence-corrected chi connectivity index (χ2v) is 5.25. The lowest BCUT2D eigenvalue weighted by atomic mass is 10.1. The van der Waals surface area contributed by atoms with E-state index < -0.39 is 0 Å². The third-order valence-corrected chi connectivity index (χ3v) is 3.34. The molecule has 0 aliphatic rings. The summed E-state index contributed by atoms with van der Waals surface area (Å²) in [6.45, 7) is 6.84. The number of aliphatic imine (C=N–C) groups is 1. The topological polar surface area (TPSA) is 65.7 Å². The van der Waals surface area contributed by atoms with Crippen LogP contribution in [0.5, 0.6) is 0 Å². The molecule has 0 saturated carbocycles. The molecule has 0 atom stereocenters. The highest BCUT2D eigenvalue weighted by molar-refractivity contribution is 14.0. The van der Waals surface area contributed by atoms with E-state index in [2.05, 4.69) is 53.6 Å². The molecule has 1 aromatic heterocycles. The summed E-state index contributed by atoms with van der Waals surface area (Å²) in [5.41, 5.74) is 2.19. The molecule has 1 rings (SSSR count). The van der Waals surface area contributed by atoms with Gasteiger partial charge in [0.05, 0.1) is 5.69 Å². The number of nitrogens with one attached hydrogen (secondary N) is 2. The quantitative estimate of drug-likeness (QED) is 0.290. The number of hydrogen-bond acceptors (Lipinski definition) is 4. The van der Waals surface area contributed by atoms with Crippen molar-refractivity contribution in [2.24, 2.45) is 4.99 Å². The first kappa shape index (κ1) is 21.2. The maximum Gasteiger partial charge on any atom is 0.191 e. The van der Waals surface area contributed by atoms with Gasteiger partial charge in [0.15, 0.2) is 5.96 Å². The molecule has 1 aromatic rings. The molecule has 6 nitrogen and oxygen atoms in total. The summed E-state index contributed by atoms with van der Waals surface area (Å²) in [7, 11) is 5.95. The normalized spacial score (nSPS) is 11.5. The summed E-state index contributed by atoms with van der Waals surface area (Å²) in [5.74, 6) is 1.78. The summed E-state index contributed by atoms with van der Waals surface area (Å²) >= 11 is 0. The Hall–Kier alpha value is -0.830. The van der Waals surface area contributed by atoms with Crippen LogP contribution in [0.15, 0.2) is 9.52 Å². The van der Waals surface area contributed by atoms with E-state index in [-0.39, 0.29) is 24.0 Å². The van der Waals surface area contributed by atoms with Gasteiger partial charge in [-0.05, 0) is 33.5 Å². The molecule has 0 aromatic carbocycles. The van der Waals surface area contributed by atoms with Crippen molar-refractivity contribution in [2.45, 2.75) is 39.7 Å². The van der Waals surface area contributed by atoms with E-state index in [9.17, 15) is 0 Å². The van der Waals surface area contributed by atoms with Gasteiger partial charge in [0, 0.05) is 32.1 Å². The Morgan fingerprint density at radius 2 is 1.95 bits per heavy atom. The molecule has 0 aliphatic heterocycles. The summed E-state index contributed by atoms with van der Waals surface area (Å²) in [4.78, 5) is 6.42. The SMILES string of the molecule is CCc1noc(CC)c1CNC(=NC)NCCCN(C)C.I. The number of aryl methyl sites for hydroxylation is 2. The van der Waals surface area contributed by atoms with Gasteiger partial charge in [-0.1, -0.05) is 19.0 Å². The van der Waals surface area contributed by atoms with Gasteiger partial charge < -0.3 is 20.1 Å². The van der Waals surface area contributed by atoms with Crippen molar-refractivity contribution in [2.75, 3.05) is 34.2 Å². The maximum atomic E-state index is 5.37. The summed E-state index contributed by atoms with van der Waals surface area (Å²) < 4.78 is 5.37. The van der Waals surface area contributed by atoms with Crippen molar-refractivity contribution < 1.29 is 4.52 Å². The highest BCUT2D eigenvalue weighted by atomic mass is 127. The van der Waals surface area contributed by atoms with Crippen LogP contribution >= 0.6 is 24.0 Å². The first-order valence-electron chi connectivity index (χ1n) is 7.67. The van der Waals surface area contributed by atoms with Gasteiger partial charge in [0.1, 0.15) is 5.76 Å². The number of hydrogen-bond donors (Lipinski definition) is 2. The Morgan fingerprint density at radius 3 is 2.50 bits per heavy atom. The molecule has 0 amide bonds. The van der Waals surface area contributed by atoms with E-state index in [1.165, 1.54) is 0 Å². The minimum atomic E-state index is 0. The van der Waals surface area contributed by atoms with Crippen LogP contribution in [0.2, 0.25) is 0 Å². The molecule has 0 fully saturated rings. The van der Waals surface area contributed by atoms with Crippen molar-refractivity contribution in [3.63, 3.8) is 0 Å². The summed E-state index contributed by atoms with van der Waals surface area (Å²) in [5, 5.41) is 10.8. The van der Waals surface area contributed by atoms with E-state index in [1.54, 1.807) is 7.05 Å². The average molecular weight is 423 g/mol. The molecule has 0 spiro atoms. The standard InChI is InChI=1S/C15H29N5O.HI/c1-6-13-12(14(7-2)21-19-13)11-18-15(16-3)17-9-8-10-20(4)5;/h6-11H2,1-5H3,(H2,16,17,18);1H. The van der Waals surface area contributed by atoms with Crippen molar-refractivity contribution in [1.29, 1.82) is 0 Å². The number of rotatable bonds is 8. The lowest BCUT2D eigenvalue weighted by molar-refractivity contribution is 0.380. The lowest BCUT2D eigenvalue weighted by Crippen LogP contribution is -2.38. The minimum Gasteiger partial charge on any atom is -0.361 e. The predicted molar refractivity (Wildman–Crippen MR) is 102 cm³/mol. The Kier molecular flexibility index (Phi) is 11.3. The first-order chi connectivity index (χ1) is 10.1. The van der Waals surface area contributed by atoms with Crippen LogP contribution in [0.4, 0.5) is 0 Å². The molecule has 0 aliphatic carbocycles. The molecule has 0 unspecified atom stereocenters. The minimum absolute atomic E-state index is 0. The van der Waals surface area contributed by atoms with Gasteiger partial charge >= 0.3 is 0 Å². The fraction of sp³-hybridized carbons (Fsp3) is 0.733. The fourth-order valence-corrected chi connectivity index (χ4v) is 2.13. The lowest BCUT2D eigenvalue weighted by Gasteiger charge is -2.13. The average Bonchev–Trinajstić information content (AvgIpc) is 2.88. The third-order valence-electron chi connectivity index (χ3n) is 3.34. The van der Waals surface area contributed by atoms with Gasteiger partial charge in [0.2, 0.25) is 0 Å². The third kappa shape index (κ3) is 6.95. The zero-order valence-electron chi connectivity index (χ0n) is 14.4. The van der Waals surface area contributed by atoms with Gasteiger partial charge in [-0.3, -0.25) is 4.99 Å². The smallest absolute Gasteiger partial charge is 0.191 e. The Bertz CT molecular complexity index is 424. The summed E-state index contributed by atoms with van der Waals surface area (Å²) in [6, 6.07) is 0. The molecule has 7 heteroatoms. The van der Waals surface area contributed by atoms with Crippen molar-refractivity contribution in [3.05, 3.63) is 17.0 Å². The van der Waals surface area contributed by atoms with Gasteiger partial charge in [0.25, 0.3) is 0 Å². The molecule has 0 bridgehead atoms. The Labute approximate surface area is 151 Å². The van der Waals surface area contributed by atoms with Gasteiger partial charge in [-0.2, -0.15) is 0 Å². The number of guanidine groups is 1. The zero-order chi connectivity index (χ0) is 15.7. The van der Waals surface area contributed by atoms with Crippen molar-refractivity contribution >= 4 is 29.9 Å². The van der Waals surface area contributed by atoms with E-state index in [0.29, 0.717) is 6.54 Å². The highest BCUT2D eigenvalue weighted by Gasteiger charge is 2.13. The molecular weight excluding hydrogens is 393 g/mol. The number of halogens is 1. The number of aromatic nitrogens is 1. The second kappa shape index (κ2) is 11.7. The monoisotopic (exact) mass is 423 g/mol. The Morgan fingerprint density at radius 1 is 1.23 bits per heavy atom. The largest absolute Gasteiger partial charge is 0.361 e. The Balaban J connectivity index is 0.00000441. The second-order valence-electron chi connectivity index (χ2n) is 5.25. The van der Waals surface area contributed by atoms with Crippen LogP contribution in [-0.2, 0) is 19.4 Å². The molecule has 0 saturated heterocycles. The fourth-order valence-electron chi connectivity index (χ4n) is 2.13. The summed E-state index contributed by atoms with van der Waals surface area (Å²) in [6.07, 6.45) is 2.83. The molecular formula is C15H30IN5O. The molecule has 1 heterocycles. The van der Waals surface area contributed by atoms with Crippen LogP contribution in [-0.4, -0.2) is 50.2 Å². The van der Waals surface area contributed by atoms with Crippen LogP contribution in [0, 0.1) is 0 Å². The van der Waals surface area contributed by atoms with Crippen LogP contribution in [0.3, 0.4) is 0 Å². The zero-order valence-corrected chi connectivity index (χ0v) is 16.7. The van der Waals surface area contributed by atoms with E-state index in [1.807, 2.05) is 0 Å². The van der Waals surface area contributed by atoms with E-state index in [0.717, 1.165) is 55.3 Å². The maximum absolute atomic E-state index is 5.37. The van der Waals surface area contributed by atoms with Crippen LogP contribution < -0.4 is 10.6 Å². The number of nitrogens with zero attached hydrogens (tertiary/aromatic N) is 3. The first-order valence-corrected chi connectivity index (χ1v) is 7.67. The molecule has 2 N–H and O–H groups in total. The van der Waals surface area contributed by atoms with E-state index in [4.69, 9.17) is 4.52 Å². The van der Waals surface area contributed by atoms with Gasteiger partial charge in [-0.25, -0.2) is 0 Å². The van der Waals surface area contributed by atoms with Crippen LogP contribution in [0.1, 0.15) is 37.3 Å². The van der Waals surface area contributed by atoms with Crippen LogP contribution in [0.25, 0.3) is 0 Å². The predicted octanol–water partition coefficient (Wildman–Crippen LogP) is 2.03. The van der Waals surface area contributed by atoms with Crippen molar-refractivity contribution in [1.82, 2.24) is 20.7 Å².